The van der Waals surface area contributed by atoms with E-state index in [0.29, 0.717) is 0 Å². The zero-order valence-corrected chi connectivity index (χ0v) is 9.70. The molecule has 0 aromatic carbocycles. The van der Waals surface area contributed by atoms with Crippen molar-refractivity contribution in [2.45, 2.75) is 6.42 Å². The van der Waals surface area contributed by atoms with Gasteiger partial charge in [-0.3, -0.25) is 0 Å². The molecule has 0 aliphatic rings. The Labute approximate surface area is 97.0 Å². The number of rotatable bonds is 3. The molecule has 15 heavy (non-hydrogen) atoms. The zero-order valence-electron chi connectivity index (χ0n) is 8.06. The number of thiazole rings is 1. The lowest BCUT2D eigenvalue weighted by Gasteiger charge is -1.97. The Kier molecular flexibility index (Phi) is 3.77. The first-order valence-electron chi connectivity index (χ1n) is 4.59. The molecule has 0 atom stereocenters. The average Bonchev–Trinajstić information content (AvgIpc) is 2.88. The third kappa shape index (κ3) is 3.39. The van der Waals surface area contributed by atoms with Crippen LogP contribution in [0.1, 0.15) is 11.4 Å². The minimum atomic E-state index is 0.843. The van der Waals surface area contributed by atoms with Crippen LogP contribution in [-0.2, 0) is 0 Å². The Hall–Kier alpha value is -1.31. The molecule has 2 aromatic rings. The van der Waals surface area contributed by atoms with E-state index in [9.17, 15) is 0 Å². The molecule has 0 radical (unpaired) electrons. The predicted molar refractivity (Wildman–Crippen MR) is 66.4 cm³/mol. The lowest BCUT2D eigenvalue weighted by atomic mass is 10.4. The highest BCUT2D eigenvalue weighted by molar-refractivity contribution is 7.10. The van der Waals surface area contributed by atoms with Crippen molar-refractivity contribution in [1.82, 2.24) is 4.98 Å². The number of anilines is 1. The van der Waals surface area contributed by atoms with E-state index in [4.69, 9.17) is 0 Å². The Bertz CT molecular complexity index is 435. The fraction of sp³-hybridized carbons (Fsp3) is 0.182. The molecule has 1 N–H and O–H groups in total. The Morgan fingerprint density at radius 3 is 3.13 bits per heavy atom. The summed E-state index contributed by atoms with van der Waals surface area (Å²) in [4.78, 5) is 4.09. The number of aromatic nitrogens is 1. The highest BCUT2D eigenvalue weighted by Crippen LogP contribution is 2.11. The van der Waals surface area contributed by atoms with Crippen LogP contribution in [0.3, 0.4) is 0 Å². The van der Waals surface area contributed by atoms with Crippen LogP contribution in [0.15, 0.2) is 28.4 Å². The maximum absolute atomic E-state index is 4.09. The quantitative estimate of drug-likeness (QED) is 0.652. The first-order valence-corrected chi connectivity index (χ1v) is 6.42. The van der Waals surface area contributed by atoms with E-state index in [1.807, 2.05) is 5.38 Å². The number of hydrogen-bond acceptors (Lipinski definition) is 4. The van der Waals surface area contributed by atoms with Crippen LogP contribution in [0.2, 0.25) is 0 Å². The molecular weight excluding hydrogens is 224 g/mol. The van der Waals surface area contributed by atoms with E-state index in [1.54, 1.807) is 28.9 Å². The molecule has 2 nitrogen and oxygen atoms in total. The van der Waals surface area contributed by atoms with Crippen LogP contribution in [0.4, 0.5) is 5.69 Å². The van der Waals surface area contributed by atoms with Crippen molar-refractivity contribution in [3.63, 3.8) is 0 Å². The molecule has 0 amide bonds. The second kappa shape index (κ2) is 5.54. The lowest BCUT2D eigenvalue weighted by molar-refractivity contribution is 1.10. The third-order valence-electron chi connectivity index (χ3n) is 1.73. The average molecular weight is 234 g/mol. The Balaban J connectivity index is 1.71. The van der Waals surface area contributed by atoms with Gasteiger partial charge in [0.15, 0.2) is 5.01 Å². The van der Waals surface area contributed by atoms with Gasteiger partial charge in [0.25, 0.3) is 0 Å². The summed E-state index contributed by atoms with van der Waals surface area (Å²) in [6.45, 7) is 0.884. The van der Waals surface area contributed by atoms with Gasteiger partial charge in [0.1, 0.15) is 0 Å². The van der Waals surface area contributed by atoms with Gasteiger partial charge in [-0.05, 0) is 17.4 Å². The molecule has 76 valence electrons. The van der Waals surface area contributed by atoms with Gasteiger partial charge in [-0.25, -0.2) is 4.98 Å². The molecule has 4 heteroatoms. The minimum Gasteiger partial charge on any atom is -0.383 e. The standard InChI is InChI=1S/C11H10N2S2/c1(3-11-13-6-8-15-11)2-5-12-10-4-7-14-9-10/h4,6-9,12H,2,5H2. The molecule has 0 unspecified atom stereocenters. The fourth-order valence-corrected chi connectivity index (χ4v) is 2.17. The second-order valence-electron chi connectivity index (χ2n) is 2.83. The number of thiophene rings is 1. The van der Waals surface area contributed by atoms with Gasteiger partial charge >= 0.3 is 0 Å². The van der Waals surface area contributed by atoms with Crippen LogP contribution in [0.25, 0.3) is 0 Å². The molecule has 0 aliphatic carbocycles. The maximum atomic E-state index is 4.09. The van der Waals surface area contributed by atoms with Gasteiger partial charge in [0, 0.05) is 35.6 Å². The second-order valence-corrected chi connectivity index (χ2v) is 4.50. The molecule has 0 saturated heterocycles. The van der Waals surface area contributed by atoms with Crippen molar-refractivity contribution in [2.24, 2.45) is 0 Å². The third-order valence-corrected chi connectivity index (χ3v) is 3.10. The molecule has 0 saturated carbocycles. The van der Waals surface area contributed by atoms with Crippen molar-refractivity contribution in [3.05, 3.63) is 33.4 Å². The number of nitrogens with zero attached hydrogens (tertiary/aromatic N) is 1. The van der Waals surface area contributed by atoms with E-state index >= 15 is 0 Å². The number of nitrogens with one attached hydrogen (secondary N) is 1. The monoisotopic (exact) mass is 234 g/mol. The van der Waals surface area contributed by atoms with Crippen molar-refractivity contribution in [2.75, 3.05) is 11.9 Å². The maximum Gasteiger partial charge on any atom is 0.166 e. The summed E-state index contributed by atoms with van der Waals surface area (Å²) in [5, 5.41) is 10.3. The first kappa shape index (κ1) is 10.2. The van der Waals surface area contributed by atoms with Crippen LogP contribution < -0.4 is 5.32 Å². The molecule has 0 aliphatic heterocycles. The summed E-state index contributed by atoms with van der Waals surface area (Å²) in [5.74, 6) is 6.11. The zero-order chi connectivity index (χ0) is 10.3. The van der Waals surface area contributed by atoms with Crippen LogP contribution >= 0.6 is 22.7 Å². The van der Waals surface area contributed by atoms with Crippen LogP contribution in [0.5, 0.6) is 0 Å². The largest absolute Gasteiger partial charge is 0.383 e. The SMILES string of the molecule is C(#Cc1nccs1)CCNc1ccsc1. The van der Waals surface area contributed by atoms with Gasteiger partial charge in [-0.1, -0.05) is 5.92 Å². The fourth-order valence-electron chi connectivity index (χ4n) is 1.06. The number of hydrogen-bond donors (Lipinski definition) is 1. The molecule has 0 bridgehead atoms. The molecule has 2 heterocycles. The van der Waals surface area contributed by atoms with E-state index in [1.165, 1.54) is 5.69 Å². The minimum absolute atomic E-state index is 0.843. The predicted octanol–water partition coefficient (Wildman–Crippen LogP) is 3.06. The summed E-state index contributed by atoms with van der Waals surface area (Å²) in [5.41, 5.74) is 1.18. The van der Waals surface area contributed by atoms with Crippen LogP contribution in [0, 0.1) is 11.8 Å². The van der Waals surface area contributed by atoms with Gasteiger partial charge in [0.2, 0.25) is 0 Å². The van der Waals surface area contributed by atoms with E-state index in [2.05, 4.69) is 39.0 Å². The normalized spacial score (nSPS) is 9.33. The van der Waals surface area contributed by atoms with E-state index in [0.717, 1.165) is 18.0 Å². The van der Waals surface area contributed by atoms with Crippen molar-refractivity contribution < 1.29 is 0 Å². The topological polar surface area (TPSA) is 24.9 Å². The summed E-state index contributed by atoms with van der Waals surface area (Å²) in [7, 11) is 0. The molecule has 2 rings (SSSR count). The highest BCUT2D eigenvalue weighted by Gasteiger charge is 1.89. The van der Waals surface area contributed by atoms with Gasteiger partial charge < -0.3 is 5.32 Å². The summed E-state index contributed by atoms with van der Waals surface area (Å²) in [6.07, 6.45) is 2.62. The van der Waals surface area contributed by atoms with Gasteiger partial charge in [-0.15, -0.1) is 11.3 Å². The lowest BCUT2D eigenvalue weighted by Crippen LogP contribution is -1.98. The van der Waals surface area contributed by atoms with E-state index < -0.39 is 0 Å². The summed E-state index contributed by atoms with van der Waals surface area (Å²) in [6, 6.07) is 2.07. The van der Waals surface area contributed by atoms with Crippen molar-refractivity contribution in [1.29, 1.82) is 0 Å². The van der Waals surface area contributed by atoms with Gasteiger partial charge in [-0.2, -0.15) is 11.3 Å². The van der Waals surface area contributed by atoms with Gasteiger partial charge in [0.05, 0.1) is 0 Å². The summed E-state index contributed by atoms with van der Waals surface area (Å²) < 4.78 is 0. The smallest absolute Gasteiger partial charge is 0.166 e. The molecule has 2 aromatic heterocycles. The molecular formula is C11H10N2S2. The first-order chi connectivity index (χ1) is 7.45. The summed E-state index contributed by atoms with van der Waals surface area (Å²) >= 11 is 3.27. The van der Waals surface area contributed by atoms with Crippen LogP contribution in [-0.4, -0.2) is 11.5 Å². The molecule has 0 spiro atoms. The Morgan fingerprint density at radius 2 is 2.40 bits per heavy atom. The Morgan fingerprint density at radius 1 is 1.40 bits per heavy atom. The highest BCUT2D eigenvalue weighted by atomic mass is 32.1. The van der Waals surface area contributed by atoms with Crippen molar-refractivity contribution >= 4 is 28.4 Å². The molecule has 0 fully saturated rings. The van der Waals surface area contributed by atoms with E-state index in [-0.39, 0.29) is 0 Å². The van der Waals surface area contributed by atoms with Crippen molar-refractivity contribution in [3.8, 4) is 11.8 Å².